The minimum atomic E-state index is -0.488. The zero-order valence-electron chi connectivity index (χ0n) is 21.9. The zero-order chi connectivity index (χ0) is 26.5. The predicted octanol–water partition coefficient (Wildman–Crippen LogP) is 7.10. The maximum atomic E-state index is 13.0. The lowest BCUT2D eigenvalue weighted by Gasteiger charge is -2.14. The number of hydrogen-bond acceptors (Lipinski definition) is 7. The van der Waals surface area contributed by atoms with Crippen LogP contribution in [0.25, 0.3) is 0 Å². The summed E-state index contributed by atoms with van der Waals surface area (Å²) in [6.07, 6.45) is 7.96. The van der Waals surface area contributed by atoms with E-state index in [1.807, 2.05) is 6.07 Å². The van der Waals surface area contributed by atoms with Gasteiger partial charge < -0.3 is 9.84 Å². The molecule has 1 heterocycles. The third-order valence-electron chi connectivity index (χ3n) is 6.37. The molecule has 1 atom stereocenters. The van der Waals surface area contributed by atoms with Crippen LogP contribution in [0.15, 0.2) is 39.3 Å². The van der Waals surface area contributed by atoms with Crippen molar-refractivity contribution in [2.75, 3.05) is 6.61 Å². The molecule has 8 heteroatoms. The van der Waals surface area contributed by atoms with E-state index in [4.69, 9.17) is 4.74 Å². The van der Waals surface area contributed by atoms with Crippen molar-refractivity contribution in [1.29, 1.82) is 5.26 Å². The molecule has 8 nitrogen and oxygen atoms in total. The zero-order valence-corrected chi connectivity index (χ0v) is 21.9. The lowest BCUT2D eigenvalue weighted by Crippen LogP contribution is -2.22. The van der Waals surface area contributed by atoms with Crippen molar-refractivity contribution in [3.05, 3.63) is 51.3 Å². The number of nitriles is 1. The number of benzene rings is 1. The fourth-order valence-corrected chi connectivity index (χ4v) is 3.91. The van der Waals surface area contributed by atoms with Crippen molar-refractivity contribution in [2.24, 2.45) is 16.1 Å². The van der Waals surface area contributed by atoms with E-state index < -0.39 is 5.56 Å². The maximum Gasteiger partial charge on any atom is 0.338 e. The van der Waals surface area contributed by atoms with E-state index >= 15 is 0 Å². The Morgan fingerprint density at radius 2 is 1.78 bits per heavy atom. The van der Waals surface area contributed by atoms with Gasteiger partial charge in [-0.2, -0.15) is 10.4 Å². The number of aromatic nitrogens is 1. The molecule has 36 heavy (non-hydrogen) atoms. The van der Waals surface area contributed by atoms with Crippen molar-refractivity contribution in [3.8, 4) is 11.9 Å². The number of pyridine rings is 1. The van der Waals surface area contributed by atoms with Gasteiger partial charge in [0.15, 0.2) is 5.69 Å². The summed E-state index contributed by atoms with van der Waals surface area (Å²) in [5, 5.41) is 28.2. The molecule has 1 N–H and O–H groups in total. The smallest absolute Gasteiger partial charge is 0.338 e. The molecule has 1 aromatic heterocycles. The van der Waals surface area contributed by atoms with Gasteiger partial charge in [0.1, 0.15) is 11.6 Å². The molecular formula is C28H38N4O4. The van der Waals surface area contributed by atoms with Gasteiger partial charge in [-0.25, -0.2) is 4.79 Å². The molecule has 194 valence electrons. The minimum absolute atomic E-state index is 0.0148. The number of rotatable bonds is 14. The number of azo groups is 1. The van der Waals surface area contributed by atoms with E-state index in [9.17, 15) is 20.0 Å². The summed E-state index contributed by atoms with van der Waals surface area (Å²) in [7, 11) is 0. The predicted molar refractivity (Wildman–Crippen MR) is 140 cm³/mol. The molecule has 0 aliphatic rings. The Hall–Kier alpha value is -3.47. The van der Waals surface area contributed by atoms with Crippen LogP contribution in [0.1, 0.15) is 93.6 Å². The minimum Gasteiger partial charge on any atom is -0.493 e. The monoisotopic (exact) mass is 494 g/mol. The van der Waals surface area contributed by atoms with E-state index in [0.29, 0.717) is 36.7 Å². The van der Waals surface area contributed by atoms with Gasteiger partial charge in [-0.3, -0.25) is 9.36 Å². The van der Waals surface area contributed by atoms with E-state index in [2.05, 4.69) is 31.0 Å². The van der Waals surface area contributed by atoms with Crippen LogP contribution in [0.3, 0.4) is 0 Å². The number of ether oxygens (including phenoxy) is 1. The molecule has 1 unspecified atom stereocenters. The highest BCUT2D eigenvalue weighted by atomic mass is 16.5. The van der Waals surface area contributed by atoms with Crippen LogP contribution >= 0.6 is 0 Å². The Balaban J connectivity index is 2.17. The summed E-state index contributed by atoms with van der Waals surface area (Å²) in [6, 6.07) is 8.43. The Kier molecular flexibility index (Phi) is 11.8. The third-order valence-corrected chi connectivity index (χ3v) is 6.37. The fourth-order valence-electron chi connectivity index (χ4n) is 3.91. The van der Waals surface area contributed by atoms with Crippen LogP contribution in [0, 0.1) is 24.2 Å². The van der Waals surface area contributed by atoms with E-state index in [-0.39, 0.29) is 28.7 Å². The second-order valence-electron chi connectivity index (χ2n) is 9.06. The van der Waals surface area contributed by atoms with Crippen LogP contribution < -0.4 is 5.56 Å². The molecule has 0 aliphatic heterocycles. The SMILES string of the molecule is CCCCCCn1c(O)c(C#N)c(C)c(N=Nc2ccc(C(=O)OCC(CC)CCCC)cc2)c1=O. The number of nitrogens with zero attached hydrogens (tertiary/aromatic N) is 4. The Morgan fingerprint density at radius 3 is 2.39 bits per heavy atom. The molecule has 0 saturated heterocycles. The largest absolute Gasteiger partial charge is 0.493 e. The Bertz CT molecular complexity index is 1130. The van der Waals surface area contributed by atoms with Crippen LogP contribution in [0.4, 0.5) is 11.4 Å². The molecule has 0 saturated carbocycles. The second-order valence-corrected chi connectivity index (χ2v) is 9.06. The normalized spacial score (nSPS) is 12.0. The second kappa shape index (κ2) is 14.8. The summed E-state index contributed by atoms with van der Waals surface area (Å²) in [5.41, 5.74) is 0.685. The number of esters is 1. The Morgan fingerprint density at radius 1 is 1.08 bits per heavy atom. The van der Waals surface area contributed by atoms with E-state index in [1.165, 1.54) is 4.57 Å². The summed E-state index contributed by atoms with van der Waals surface area (Å²) in [5.74, 6) is -0.352. The molecule has 0 aliphatic carbocycles. The Labute approximate surface area is 213 Å². The lowest BCUT2D eigenvalue weighted by molar-refractivity contribution is 0.0428. The van der Waals surface area contributed by atoms with Gasteiger partial charge in [0.25, 0.3) is 5.56 Å². The summed E-state index contributed by atoms with van der Waals surface area (Å²) in [6.45, 7) is 8.61. The molecule has 0 spiro atoms. The van der Waals surface area contributed by atoms with Gasteiger partial charge in [-0.1, -0.05) is 59.3 Å². The first-order chi connectivity index (χ1) is 17.4. The van der Waals surface area contributed by atoms with Crippen molar-refractivity contribution in [3.63, 3.8) is 0 Å². The quantitative estimate of drug-likeness (QED) is 0.171. The number of hydrogen-bond donors (Lipinski definition) is 1. The number of unbranched alkanes of at least 4 members (excludes halogenated alkanes) is 4. The third kappa shape index (κ3) is 7.77. The van der Waals surface area contributed by atoms with Crippen LogP contribution in [0.2, 0.25) is 0 Å². The van der Waals surface area contributed by atoms with Crippen molar-refractivity contribution >= 4 is 17.3 Å². The maximum absolute atomic E-state index is 13.0. The molecule has 0 radical (unpaired) electrons. The molecule has 0 amide bonds. The molecule has 1 aromatic carbocycles. The van der Waals surface area contributed by atoms with Crippen molar-refractivity contribution in [2.45, 2.75) is 85.6 Å². The highest BCUT2D eigenvalue weighted by molar-refractivity contribution is 5.89. The van der Waals surface area contributed by atoms with Gasteiger partial charge in [0.05, 0.1) is 17.9 Å². The number of carbonyl (C=O) groups excluding carboxylic acids is 1. The van der Waals surface area contributed by atoms with Gasteiger partial charge in [0.2, 0.25) is 5.88 Å². The van der Waals surface area contributed by atoms with Crippen LogP contribution in [-0.4, -0.2) is 22.2 Å². The number of carbonyl (C=O) groups is 1. The average Bonchev–Trinajstić information content (AvgIpc) is 2.88. The number of aromatic hydroxyl groups is 1. The standard InChI is InChI=1S/C28H38N4O4/c1-5-8-10-11-17-32-26(33)24(18-29)20(4)25(27(32)34)31-30-23-15-13-22(14-16-23)28(35)36-19-21(7-3)12-9-6-2/h13-16,21,33H,5-12,17,19H2,1-4H3. The van der Waals surface area contributed by atoms with Gasteiger partial charge in [-0.05, 0) is 49.9 Å². The molecule has 2 aromatic rings. The molecule has 0 fully saturated rings. The first-order valence-electron chi connectivity index (χ1n) is 12.9. The summed E-state index contributed by atoms with van der Waals surface area (Å²) in [4.78, 5) is 25.4. The van der Waals surface area contributed by atoms with Gasteiger partial charge >= 0.3 is 5.97 Å². The highest BCUT2D eigenvalue weighted by Gasteiger charge is 2.19. The van der Waals surface area contributed by atoms with Crippen molar-refractivity contribution < 1.29 is 14.6 Å². The molecule has 0 bridgehead atoms. The topological polar surface area (TPSA) is 117 Å². The van der Waals surface area contributed by atoms with E-state index in [0.717, 1.165) is 44.9 Å². The average molecular weight is 495 g/mol. The van der Waals surface area contributed by atoms with Gasteiger partial charge in [0, 0.05) is 12.1 Å². The van der Waals surface area contributed by atoms with Crippen molar-refractivity contribution in [1.82, 2.24) is 4.57 Å². The van der Waals surface area contributed by atoms with Crippen LogP contribution in [0.5, 0.6) is 5.88 Å². The first kappa shape index (κ1) is 28.8. The van der Waals surface area contributed by atoms with Gasteiger partial charge in [-0.15, -0.1) is 5.11 Å². The summed E-state index contributed by atoms with van der Waals surface area (Å²) < 4.78 is 6.68. The molecular weight excluding hydrogens is 456 g/mol. The lowest BCUT2D eigenvalue weighted by atomic mass is 10.0. The first-order valence-corrected chi connectivity index (χ1v) is 12.9. The summed E-state index contributed by atoms with van der Waals surface area (Å²) >= 11 is 0. The fraction of sp³-hybridized carbons (Fsp3) is 0.536. The highest BCUT2D eigenvalue weighted by Crippen LogP contribution is 2.27. The molecule has 2 rings (SSSR count). The van der Waals surface area contributed by atoms with Crippen LogP contribution in [-0.2, 0) is 11.3 Å². The van der Waals surface area contributed by atoms with E-state index in [1.54, 1.807) is 31.2 Å².